The van der Waals surface area contributed by atoms with Crippen molar-refractivity contribution in [3.8, 4) is 5.75 Å². The predicted octanol–water partition coefficient (Wildman–Crippen LogP) is 2.85. The number of morpholine rings is 1. The highest BCUT2D eigenvalue weighted by Gasteiger charge is 2.35. The molecule has 2 aliphatic rings. The summed E-state index contributed by atoms with van der Waals surface area (Å²) in [7, 11) is 1.70. The van der Waals surface area contributed by atoms with Gasteiger partial charge in [0, 0.05) is 49.5 Å². The molecule has 3 heterocycles. The average molecular weight is 399 g/mol. The van der Waals surface area contributed by atoms with Crippen LogP contribution in [0.3, 0.4) is 0 Å². The highest BCUT2D eigenvalue weighted by atomic mass is 16.5. The van der Waals surface area contributed by atoms with E-state index in [-0.39, 0.29) is 0 Å². The molecule has 2 atom stereocenters. The standard InChI is InChI=1S/C23H34N4O2/c1-17-22(16-26-10-9-23(19(26)3)25-11-13-29-14-12-25)18(2)27(24-17)15-20-5-7-21(28-4)8-6-20/h5-8,19,23H,9-16H2,1-4H3/t19-,23-/m1/s1. The molecule has 1 aromatic heterocycles. The fourth-order valence-corrected chi connectivity index (χ4v) is 4.83. The van der Waals surface area contributed by atoms with Gasteiger partial charge in [0.05, 0.1) is 32.6 Å². The number of methoxy groups -OCH3 is 1. The second kappa shape index (κ2) is 8.86. The van der Waals surface area contributed by atoms with E-state index in [1.165, 1.54) is 23.2 Å². The monoisotopic (exact) mass is 398 g/mol. The zero-order valence-electron chi connectivity index (χ0n) is 18.2. The molecular formula is C23H34N4O2. The van der Waals surface area contributed by atoms with Crippen molar-refractivity contribution in [2.75, 3.05) is 40.0 Å². The second-order valence-corrected chi connectivity index (χ2v) is 8.37. The van der Waals surface area contributed by atoms with E-state index in [0.29, 0.717) is 12.1 Å². The summed E-state index contributed by atoms with van der Waals surface area (Å²) >= 11 is 0. The molecule has 0 bridgehead atoms. The third kappa shape index (κ3) is 4.34. The van der Waals surface area contributed by atoms with Gasteiger partial charge in [0.25, 0.3) is 0 Å². The van der Waals surface area contributed by atoms with E-state index >= 15 is 0 Å². The Morgan fingerprint density at radius 2 is 1.79 bits per heavy atom. The Morgan fingerprint density at radius 1 is 1.07 bits per heavy atom. The van der Waals surface area contributed by atoms with Crippen molar-refractivity contribution in [3.63, 3.8) is 0 Å². The molecule has 2 aliphatic heterocycles. The van der Waals surface area contributed by atoms with Crippen LogP contribution in [0.25, 0.3) is 0 Å². The topological polar surface area (TPSA) is 42.8 Å². The van der Waals surface area contributed by atoms with Gasteiger partial charge in [-0.05, 0) is 44.9 Å². The number of likely N-dealkylation sites (tertiary alicyclic amines) is 1. The van der Waals surface area contributed by atoms with Crippen LogP contribution in [0, 0.1) is 13.8 Å². The molecule has 1 aromatic carbocycles. The molecule has 0 unspecified atom stereocenters. The summed E-state index contributed by atoms with van der Waals surface area (Å²) in [6.45, 7) is 13.6. The summed E-state index contributed by atoms with van der Waals surface area (Å²) in [5, 5.41) is 4.86. The van der Waals surface area contributed by atoms with E-state index in [0.717, 1.165) is 57.4 Å². The van der Waals surface area contributed by atoms with Crippen LogP contribution in [0.1, 0.15) is 35.9 Å². The minimum atomic E-state index is 0.567. The van der Waals surface area contributed by atoms with E-state index in [9.17, 15) is 0 Å². The molecule has 0 saturated carbocycles. The minimum Gasteiger partial charge on any atom is -0.497 e. The molecule has 29 heavy (non-hydrogen) atoms. The maximum atomic E-state index is 5.54. The summed E-state index contributed by atoms with van der Waals surface area (Å²) in [6.07, 6.45) is 1.25. The van der Waals surface area contributed by atoms with Gasteiger partial charge < -0.3 is 9.47 Å². The largest absolute Gasteiger partial charge is 0.497 e. The molecule has 4 rings (SSSR count). The fraction of sp³-hybridized carbons (Fsp3) is 0.609. The van der Waals surface area contributed by atoms with Gasteiger partial charge >= 0.3 is 0 Å². The van der Waals surface area contributed by atoms with Crippen LogP contribution in [-0.4, -0.2) is 71.6 Å². The van der Waals surface area contributed by atoms with Crippen molar-refractivity contribution >= 4 is 0 Å². The van der Waals surface area contributed by atoms with Gasteiger partial charge in [0.1, 0.15) is 5.75 Å². The van der Waals surface area contributed by atoms with E-state index in [1.54, 1.807) is 7.11 Å². The summed E-state index contributed by atoms with van der Waals surface area (Å²) < 4.78 is 13.0. The highest BCUT2D eigenvalue weighted by Crippen LogP contribution is 2.27. The molecule has 2 aromatic rings. The van der Waals surface area contributed by atoms with E-state index in [4.69, 9.17) is 14.6 Å². The molecule has 6 heteroatoms. The van der Waals surface area contributed by atoms with Crippen molar-refractivity contribution in [3.05, 3.63) is 46.8 Å². The third-order valence-electron chi connectivity index (χ3n) is 6.74. The van der Waals surface area contributed by atoms with E-state index < -0.39 is 0 Å². The lowest BCUT2D eigenvalue weighted by Crippen LogP contribution is -2.48. The van der Waals surface area contributed by atoms with Crippen molar-refractivity contribution in [1.29, 1.82) is 0 Å². The lowest BCUT2D eigenvalue weighted by atomic mass is 10.1. The van der Waals surface area contributed by atoms with Crippen LogP contribution in [0.15, 0.2) is 24.3 Å². The molecule has 0 amide bonds. The van der Waals surface area contributed by atoms with Crippen LogP contribution in [0.5, 0.6) is 5.75 Å². The molecule has 2 fully saturated rings. The van der Waals surface area contributed by atoms with Crippen LogP contribution in [0.4, 0.5) is 0 Å². The van der Waals surface area contributed by atoms with E-state index in [2.05, 4.69) is 47.4 Å². The summed E-state index contributed by atoms with van der Waals surface area (Å²) in [5.74, 6) is 0.889. The van der Waals surface area contributed by atoms with Crippen LogP contribution in [-0.2, 0) is 17.8 Å². The smallest absolute Gasteiger partial charge is 0.118 e. The average Bonchev–Trinajstić information content (AvgIpc) is 3.24. The number of aromatic nitrogens is 2. The van der Waals surface area contributed by atoms with Gasteiger partial charge in [-0.3, -0.25) is 14.5 Å². The number of benzene rings is 1. The van der Waals surface area contributed by atoms with Crippen molar-refractivity contribution < 1.29 is 9.47 Å². The number of hydrogen-bond acceptors (Lipinski definition) is 5. The lowest BCUT2D eigenvalue weighted by Gasteiger charge is -2.36. The van der Waals surface area contributed by atoms with Crippen LogP contribution >= 0.6 is 0 Å². The molecular weight excluding hydrogens is 364 g/mol. The summed E-state index contributed by atoms with van der Waals surface area (Å²) in [5.41, 5.74) is 5.05. The van der Waals surface area contributed by atoms with Gasteiger partial charge in [0.2, 0.25) is 0 Å². The third-order valence-corrected chi connectivity index (χ3v) is 6.74. The molecule has 0 spiro atoms. The zero-order valence-corrected chi connectivity index (χ0v) is 18.2. The SMILES string of the molecule is COc1ccc(Cn2nc(C)c(CN3CC[C@@H](N4CCOCC4)[C@H]3C)c2C)cc1. The number of ether oxygens (including phenoxy) is 2. The van der Waals surface area contributed by atoms with Crippen molar-refractivity contribution in [2.45, 2.75) is 52.4 Å². The van der Waals surface area contributed by atoms with Crippen LogP contribution < -0.4 is 4.74 Å². The Balaban J connectivity index is 1.43. The van der Waals surface area contributed by atoms with Gasteiger partial charge in [-0.2, -0.15) is 5.10 Å². The molecule has 6 nitrogen and oxygen atoms in total. The first-order chi connectivity index (χ1) is 14.1. The minimum absolute atomic E-state index is 0.567. The molecule has 0 radical (unpaired) electrons. The van der Waals surface area contributed by atoms with Crippen molar-refractivity contribution in [2.24, 2.45) is 0 Å². The summed E-state index contributed by atoms with van der Waals surface area (Å²) in [6, 6.07) is 9.47. The quantitative estimate of drug-likeness (QED) is 0.749. The maximum absolute atomic E-state index is 5.54. The molecule has 0 N–H and O–H groups in total. The number of aryl methyl sites for hydroxylation is 1. The Hall–Kier alpha value is -1.89. The predicted molar refractivity (Wildman–Crippen MR) is 114 cm³/mol. The highest BCUT2D eigenvalue weighted by molar-refractivity contribution is 5.29. The zero-order chi connectivity index (χ0) is 20.4. The lowest BCUT2D eigenvalue weighted by molar-refractivity contribution is 0.00982. The molecule has 158 valence electrons. The Bertz CT molecular complexity index is 811. The van der Waals surface area contributed by atoms with Gasteiger partial charge in [0.15, 0.2) is 0 Å². The Labute approximate surface area is 174 Å². The first-order valence-corrected chi connectivity index (χ1v) is 10.8. The van der Waals surface area contributed by atoms with E-state index in [1.807, 2.05) is 12.1 Å². The van der Waals surface area contributed by atoms with Gasteiger partial charge in [-0.25, -0.2) is 0 Å². The number of hydrogen-bond donors (Lipinski definition) is 0. The fourth-order valence-electron chi connectivity index (χ4n) is 4.83. The summed E-state index contributed by atoms with van der Waals surface area (Å²) in [4.78, 5) is 5.26. The Morgan fingerprint density at radius 3 is 2.48 bits per heavy atom. The van der Waals surface area contributed by atoms with Gasteiger partial charge in [-0.1, -0.05) is 12.1 Å². The van der Waals surface area contributed by atoms with Crippen molar-refractivity contribution in [1.82, 2.24) is 19.6 Å². The van der Waals surface area contributed by atoms with Gasteiger partial charge in [-0.15, -0.1) is 0 Å². The first-order valence-electron chi connectivity index (χ1n) is 10.8. The second-order valence-electron chi connectivity index (χ2n) is 8.37. The number of nitrogens with zero attached hydrogens (tertiary/aromatic N) is 4. The first kappa shape index (κ1) is 20.4. The molecule has 0 aliphatic carbocycles. The number of rotatable bonds is 6. The molecule has 2 saturated heterocycles. The normalized spacial score (nSPS) is 23.6. The maximum Gasteiger partial charge on any atom is 0.118 e. The Kier molecular flexibility index (Phi) is 6.23. The van der Waals surface area contributed by atoms with Crippen LogP contribution in [0.2, 0.25) is 0 Å².